The minimum Gasteiger partial charge on any atom is -0.497 e. The van der Waals surface area contributed by atoms with Crippen molar-refractivity contribution in [3.8, 4) is 5.75 Å². The van der Waals surface area contributed by atoms with Crippen LogP contribution in [-0.4, -0.2) is 61.4 Å². The van der Waals surface area contributed by atoms with Gasteiger partial charge in [0.15, 0.2) is 0 Å². The first-order chi connectivity index (χ1) is 16.2. The van der Waals surface area contributed by atoms with E-state index in [1.807, 2.05) is 75.4 Å². The molecular formula is C27H35N3O4. The first kappa shape index (κ1) is 25.4. The van der Waals surface area contributed by atoms with Crippen molar-refractivity contribution in [2.75, 3.05) is 33.9 Å². The van der Waals surface area contributed by atoms with Crippen LogP contribution in [-0.2, 0) is 14.3 Å². The molecule has 1 aliphatic rings. The van der Waals surface area contributed by atoms with Gasteiger partial charge in [0.1, 0.15) is 12.3 Å². The molecule has 7 heteroatoms. The summed E-state index contributed by atoms with van der Waals surface area (Å²) in [6, 6.07) is 17.3. The Balaban J connectivity index is 1.86. The highest BCUT2D eigenvalue weighted by atomic mass is 16.5. The minimum absolute atomic E-state index is 0.0407. The molecule has 3 rings (SSSR count). The SMILES string of the molecule is COCCN(CC(=O)N1N=C(c2ccc(OC)cc2)C[C@H]1c1ccccc1)C(=O)CC(C)(C)C. The number of methoxy groups -OCH3 is 2. The van der Waals surface area contributed by atoms with E-state index in [4.69, 9.17) is 14.6 Å². The predicted octanol–water partition coefficient (Wildman–Crippen LogP) is 4.28. The van der Waals surface area contributed by atoms with E-state index < -0.39 is 0 Å². The summed E-state index contributed by atoms with van der Waals surface area (Å²) < 4.78 is 10.4. The number of hydrogen-bond donors (Lipinski definition) is 0. The second-order valence-electron chi connectivity index (χ2n) is 9.69. The van der Waals surface area contributed by atoms with Gasteiger partial charge in [-0.2, -0.15) is 5.10 Å². The molecule has 2 aromatic rings. The molecule has 0 aliphatic carbocycles. The molecule has 0 radical (unpaired) electrons. The van der Waals surface area contributed by atoms with Crippen LogP contribution < -0.4 is 4.74 Å². The highest BCUT2D eigenvalue weighted by Crippen LogP contribution is 2.33. The summed E-state index contributed by atoms with van der Waals surface area (Å²) in [5.74, 6) is 0.490. The zero-order valence-corrected chi connectivity index (χ0v) is 20.8. The van der Waals surface area contributed by atoms with Crippen molar-refractivity contribution < 1.29 is 19.1 Å². The lowest BCUT2D eigenvalue weighted by atomic mass is 9.91. The molecule has 0 fully saturated rings. The first-order valence-electron chi connectivity index (χ1n) is 11.6. The number of benzene rings is 2. The third kappa shape index (κ3) is 6.67. The molecule has 182 valence electrons. The van der Waals surface area contributed by atoms with E-state index >= 15 is 0 Å². The quantitative estimate of drug-likeness (QED) is 0.554. The fourth-order valence-electron chi connectivity index (χ4n) is 3.93. The molecule has 1 atom stereocenters. The van der Waals surface area contributed by atoms with Crippen LogP contribution in [0, 0.1) is 5.41 Å². The van der Waals surface area contributed by atoms with Crippen LogP contribution in [0.25, 0.3) is 0 Å². The molecule has 2 aromatic carbocycles. The van der Waals surface area contributed by atoms with Crippen LogP contribution in [0.2, 0.25) is 0 Å². The van der Waals surface area contributed by atoms with E-state index in [1.165, 1.54) is 0 Å². The smallest absolute Gasteiger partial charge is 0.262 e. The van der Waals surface area contributed by atoms with Crippen LogP contribution in [0.3, 0.4) is 0 Å². The molecule has 34 heavy (non-hydrogen) atoms. The van der Waals surface area contributed by atoms with Crippen molar-refractivity contribution in [3.05, 3.63) is 65.7 Å². The molecule has 1 aliphatic heterocycles. The van der Waals surface area contributed by atoms with Crippen molar-refractivity contribution in [3.63, 3.8) is 0 Å². The van der Waals surface area contributed by atoms with Gasteiger partial charge in [0.25, 0.3) is 5.91 Å². The molecule has 7 nitrogen and oxygen atoms in total. The van der Waals surface area contributed by atoms with Gasteiger partial charge in [-0.1, -0.05) is 51.1 Å². The minimum atomic E-state index is -0.229. The van der Waals surface area contributed by atoms with Gasteiger partial charge in [-0.3, -0.25) is 9.59 Å². The molecular weight excluding hydrogens is 430 g/mol. The van der Waals surface area contributed by atoms with E-state index in [0.717, 1.165) is 22.6 Å². The van der Waals surface area contributed by atoms with Crippen molar-refractivity contribution in [2.45, 2.75) is 39.7 Å². The highest BCUT2D eigenvalue weighted by molar-refractivity contribution is 6.03. The van der Waals surface area contributed by atoms with E-state index in [1.54, 1.807) is 24.1 Å². The topological polar surface area (TPSA) is 71.4 Å². The summed E-state index contributed by atoms with van der Waals surface area (Å²) >= 11 is 0. The molecule has 2 amide bonds. The van der Waals surface area contributed by atoms with E-state index in [0.29, 0.717) is 26.0 Å². The molecule has 1 heterocycles. The maximum atomic E-state index is 13.5. The summed E-state index contributed by atoms with van der Waals surface area (Å²) in [5, 5.41) is 6.27. The fraction of sp³-hybridized carbons (Fsp3) is 0.444. The molecule has 0 bridgehead atoms. The van der Waals surface area contributed by atoms with Crippen LogP contribution in [0.5, 0.6) is 5.75 Å². The number of carbonyl (C=O) groups excluding carboxylic acids is 2. The Hall–Kier alpha value is -3.19. The zero-order chi connectivity index (χ0) is 24.7. The zero-order valence-electron chi connectivity index (χ0n) is 20.8. The Morgan fingerprint density at radius 3 is 2.32 bits per heavy atom. The van der Waals surface area contributed by atoms with Gasteiger partial charge in [0.2, 0.25) is 5.91 Å². The molecule has 0 N–H and O–H groups in total. The van der Waals surface area contributed by atoms with Crippen LogP contribution in [0.1, 0.15) is 50.8 Å². The Kier molecular flexibility index (Phi) is 8.45. The van der Waals surface area contributed by atoms with Crippen LogP contribution in [0.4, 0.5) is 0 Å². The largest absolute Gasteiger partial charge is 0.497 e. The van der Waals surface area contributed by atoms with Gasteiger partial charge in [0.05, 0.1) is 25.5 Å². The Bertz CT molecular complexity index is 997. The van der Waals surface area contributed by atoms with Gasteiger partial charge in [-0.15, -0.1) is 0 Å². The van der Waals surface area contributed by atoms with Crippen molar-refractivity contribution in [2.24, 2.45) is 10.5 Å². The second kappa shape index (κ2) is 11.3. The predicted molar refractivity (Wildman–Crippen MR) is 133 cm³/mol. The second-order valence-corrected chi connectivity index (χ2v) is 9.69. The molecule has 0 aromatic heterocycles. The summed E-state index contributed by atoms with van der Waals surface area (Å²) in [6.45, 7) is 6.72. The molecule has 0 saturated heterocycles. The lowest BCUT2D eigenvalue weighted by molar-refractivity contribution is -0.143. The number of amides is 2. The van der Waals surface area contributed by atoms with Gasteiger partial charge in [-0.25, -0.2) is 5.01 Å². The Labute approximate surface area is 202 Å². The first-order valence-corrected chi connectivity index (χ1v) is 11.6. The third-order valence-electron chi connectivity index (χ3n) is 5.70. The Morgan fingerprint density at radius 1 is 1.06 bits per heavy atom. The number of ether oxygens (including phenoxy) is 2. The van der Waals surface area contributed by atoms with Crippen molar-refractivity contribution in [1.29, 1.82) is 0 Å². The summed E-state index contributed by atoms with van der Waals surface area (Å²) in [6.07, 6.45) is 0.947. The summed E-state index contributed by atoms with van der Waals surface area (Å²) in [4.78, 5) is 28.1. The van der Waals surface area contributed by atoms with Crippen LogP contribution in [0.15, 0.2) is 59.7 Å². The average molecular weight is 466 g/mol. The van der Waals surface area contributed by atoms with E-state index in [2.05, 4.69) is 0 Å². The normalized spacial score (nSPS) is 15.7. The number of hydrogen-bond acceptors (Lipinski definition) is 5. The highest BCUT2D eigenvalue weighted by Gasteiger charge is 2.34. The summed E-state index contributed by atoms with van der Waals surface area (Å²) in [5.41, 5.74) is 2.60. The van der Waals surface area contributed by atoms with Gasteiger partial charge < -0.3 is 14.4 Å². The number of rotatable bonds is 9. The van der Waals surface area contributed by atoms with Gasteiger partial charge >= 0.3 is 0 Å². The van der Waals surface area contributed by atoms with Crippen molar-refractivity contribution in [1.82, 2.24) is 9.91 Å². The van der Waals surface area contributed by atoms with E-state index in [9.17, 15) is 9.59 Å². The average Bonchev–Trinajstić information content (AvgIpc) is 3.27. The van der Waals surface area contributed by atoms with Gasteiger partial charge in [0, 0.05) is 26.5 Å². The summed E-state index contributed by atoms with van der Waals surface area (Å²) in [7, 11) is 3.22. The lowest BCUT2D eigenvalue weighted by Crippen LogP contribution is -2.43. The number of hydrazone groups is 1. The maximum absolute atomic E-state index is 13.5. The number of carbonyl (C=O) groups is 2. The lowest BCUT2D eigenvalue weighted by Gasteiger charge is -2.29. The van der Waals surface area contributed by atoms with Crippen LogP contribution >= 0.6 is 0 Å². The molecule has 0 spiro atoms. The molecule has 0 unspecified atom stereocenters. The molecule has 0 saturated carbocycles. The monoisotopic (exact) mass is 465 g/mol. The third-order valence-corrected chi connectivity index (χ3v) is 5.70. The van der Waals surface area contributed by atoms with Crippen molar-refractivity contribution >= 4 is 17.5 Å². The van der Waals surface area contributed by atoms with Gasteiger partial charge in [-0.05, 0) is 40.8 Å². The maximum Gasteiger partial charge on any atom is 0.262 e. The fourth-order valence-corrected chi connectivity index (χ4v) is 3.93. The standard InChI is InChI=1S/C27H35N3O4/c1-27(2,3)18-25(31)29(15-16-33-4)19-26(32)30-24(21-9-7-6-8-10-21)17-23(28-30)20-11-13-22(34-5)14-12-20/h6-14,24H,15-19H2,1-5H3/t24-/m0/s1. The Morgan fingerprint density at radius 2 is 1.74 bits per heavy atom. The number of nitrogens with zero attached hydrogens (tertiary/aromatic N) is 3. The van der Waals surface area contributed by atoms with E-state index in [-0.39, 0.29) is 29.8 Å².